The minimum absolute atomic E-state index is 0.119. The maximum atomic E-state index is 13.0. The summed E-state index contributed by atoms with van der Waals surface area (Å²) < 4.78 is 13.0. The van der Waals surface area contributed by atoms with Crippen molar-refractivity contribution in [2.45, 2.75) is 31.1 Å². The van der Waals surface area contributed by atoms with Gasteiger partial charge < -0.3 is 0 Å². The van der Waals surface area contributed by atoms with Crippen LogP contribution >= 0.6 is 11.8 Å². The number of allylic oxidation sites excluding steroid dienone is 2. The minimum Gasteiger partial charge on any atom is -0.207 e. The third-order valence-electron chi connectivity index (χ3n) is 2.38. The summed E-state index contributed by atoms with van der Waals surface area (Å²) >= 11 is 1.75. The molecule has 0 aliphatic carbocycles. The number of fused-ring (bicyclic) bond motifs is 1. The summed E-state index contributed by atoms with van der Waals surface area (Å²) in [7, 11) is 0. The lowest BCUT2D eigenvalue weighted by atomic mass is 10.1. The summed E-state index contributed by atoms with van der Waals surface area (Å²) in [6, 6.07) is 5.10. The Balaban J connectivity index is 2.37. The van der Waals surface area contributed by atoms with E-state index in [-0.39, 0.29) is 5.82 Å². The molecule has 0 spiro atoms. The molecule has 0 fully saturated rings. The van der Waals surface area contributed by atoms with Gasteiger partial charge in [0.25, 0.3) is 0 Å². The summed E-state index contributed by atoms with van der Waals surface area (Å²) in [5.74, 6) is -0.119. The van der Waals surface area contributed by atoms with Crippen molar-refractivity contribution in [1.29, 1.82) is 0 Å². The van der Waals surface area contributed by atoms with Gasteiger partial charge in [0, 0.05) is 4.90 Å². The molecule has 0 N–H and O–H groups in total. The molecular weight excluding hydrogens is 195 g/mol. The first kappa shape index (κ1) is 9.78. The van der Waals surface area contributed by atoms with Gasteiger partial charge in [0.15, 0.2) is 0 Å². The van der Waals surface area contributed by atoms with Crippen molar-refractivity contribution >= 4 is 11.8 Å². The van der Waals surface area contributed by atoms with E-state index >= 15 is 0 Å². The maximum Gasteiger partial charge on any atom is 0.123 e. The normalized spacial score (nSPS) is 20.3. The first-order chi connectivity index (χ1) is 6.75. The Bertz CT molecular complexity index is 369. The fourth-order valence-corrected chi connectivity index (χ4v) is 2.63. The smallest absolute Gasteiger partial charge is 0.123 e. The molecule has 0 radical (unpaired) electrons. The van der Waals surface area contributed by atoms with E-state index in [1.54, 1.807) is 23.9 Å². The molecule has 2 rings (SSSR count). The molecule has 1 heterocycles. The molecule has 0 amide bonds. The van der Waals surface area contributed by atoms with Crippen molar-refractivity contribution in [2.24, 2.45) is 0 Å². The van der Waals surface area contributed by atoms with Gasteiger partial charge in [0.1, 0.15) is 5.82 Å². The first-order valence-electron chi connectivity index (χ1n) is 4.89. The van der Waals surface area contributed by atoms with Gasteiger partial charge in [-0.2, -0.15) is 0 Å². The molecule has 0 atom stereocenters. The Kier molecular flexibility index (Phi) is 2.92. The molecule has 1 aliphatic rings. The molecule has 14 heavy (non-hydrogen) atoms. The van der Waals surface area contributed by atoms with E-state index in [2.05, 4.69) is 13.0 Å². The molecule has 0 unspecified atom stereocenters. The summed E-state index contributed by atoms with van der Waals surface area (Å²) in [5, 5.41) is 0. The quantitative estimate of drug-likeness (QED) is 0.617. The Hall–Kier alpha value is -0.760. The van der Waals surface area contributed by atoms with Crippen LogP contribution in [0.1, 0.15) is 25.3 Å². The van der Waals surface area contributed by atoms with Gasteiger partial charge in [-0.3, -0.25) is 0 Å². The summed E-state index contributed by atoms with van der Waals surface area (Å²) in [5.41, 5.74) is 1.16. The predicted octanol–water partition coefficient (Wildman–Crippen LogP) is 4.16. The van der Waals surface area contributed by atoms with Crippen molar-refractivity contribution in [3.8, 4) is 0 Å². The third kappa shape index (κ3) is 2.18. The van der Waals surface area contributed by atoms with Crippen molar-refractivity contribution in [3.05, 3.63) is 40.6 Å². The van der Waals surface area contributed by atoms with Crippen molar-refractivity contribution in [3.63, 3.8) is 0 Å². The lowest BCUT2D eigenvalue weighted by Crippen LogP contribution is -1.93. The van der Waals surface area contributed by atoms with E-state index in [0.29, 0.717) is 0 Å². The van der Waals surface area contributed by atoms with E-state index in [9.17, 15) is 4.39 Å². The molecular formula is C12H13FS. The van der Waals surface area contributed by atoms with Crippen molar-refractivity contribution in [1.82, 2.24) is 0 Å². The van der Waals surface area contributed by atoms with Crippen LogP contribution in [0.25, 0.3) is 0 Å². The minimum atomic E-state index is -0.119. The Morgan fingerprint density at radius 1 is 1.36 bits per heavy atom. The average molecular weight is 208 g/mol. The van der Waals surface area contributed by atoms with Gasteiger partial charge >= 0.3 is 0 Å². The molecule has 1 aromatic carbocycles. The van der Waals surface area contributed by atoms with Crippen LogP contribution < -0.4 is 0 Å². The second-order valence-corrected chi connectivity index (χ2v) is 4.85. The van der Waals surface area contributed by atoms with Gasteiger partial charge in [0.2, 0.25) is 0 Å². The van der Waals surface area contributed by atoms with Gasteiger partial charge in [-0.1, -0.05) is 17.8 Å². The molecule has 1 aliphatic heterocycles. The molecule has 0 bridgehead atoms. The number of benzene rings is 1. The van der Waals surface area contributed by atoms with Crippen LogP contribution in [-0.2, 0) is 6.42 Å². The van der Waals surface area contributed by atoms with Crippen LogP contribution in [-0.4, -0.2) is 0 Å². The fraction of sp³-hybridized carbons (Fsp3) is 0.333. The number of halogens is 1. The topological polar surface area (TPSA) is 0 Å². The van der Waals surface area contributed by atoms with Crippen LogP contribution in [0, 0.1) is 5.82 Å². The number of rotatable bonds is 0. The van der Waals surface area contributed by atoms with Gasteiger partial charge in [-0.05, 0) is 54.9 Å². The predicted molar refractivity (Wildman–Crippen MR) is 59.0 cm³/mol. The maximum absolute atomic E-state index is 13.0. The highest BCUT2D eigenvalue weighted by Crippen LogP contribution is 2.32. The largest absolute Gasteiger partial charge is 0.207 e. The number of hydrogen-bond donors (Lipinski definition) is 0. The summed E-state index contributed by atoms with van der Waals surface area (Å²) in [4.78, 5) is 2.53. The SMILES string of the molecule is C/C1=C\CCCc2cc(F)ccc2S1. The molecule has 1 aromatic rings. The molecule has 0 saturated heterocycles. The van der Waals surface area contributed by atoms with E-state index < -0.39 is 0 Å². The zero-order valence-electron chi connectivity index (χ0n) is 8.22. The number of hydrogen-bond acceptors (Lipinski definition) is 1. The lowest BCUT2D eigenvalue weighted by Gasteiger charge is -2.12. The van der Waals surface area contributed by atoms with E-state index in [1.165, 1.54) is 9.80 Å². The van der Waals surface area contributed by atoms with Crippen molar-refractivity contribution in [2.75, 3.05) is 0 Å². The highest BCUT2D eigenvalue weighted by atomic mass is 32.2. The summed E-state index contributed by atoms with van der Waals surface area (Å²) in [6.07, 6.45) is 5.48. The van der Waals surface area contributed by atoms with Crippen LogP contribution in [0.4, 0.5) is 4.39 Å². The molecule has 0 aromatic heterocycles. The zero-order chi connectivity index (χ0) is 9.97. The van der Waals surface area contributed by atoms with E-state index in [0.717, 1.165) is 24.8 Å². The summed E-state index contributed by atoms with van der Waals surface area (Å²) in [6.45, 7) is 2.11. The van der Waals surface area contributed by atoms with E-state index in [4.69, 9.17) is 0 Å². The van der Waals surface area contributed by atoms with Gasteiger partial charge in [-0.25, -0.2) is 4.39 Å². The van der Waals surface area contributed by atoms with Crippen LogP contribution in [0.5, 0.6) is 0 Å². The van der Waals surface area contributed by atoms with Crippen LogP contribution in [0.15, 0.2) is 34.1 Å². The average Bonchev–Trinajstić information content (AvgIpc) is 2.13. The lowest BCUT2D eigenvalue weighted by molar-refractivity contribution is 0.622. The number of aryl methyl sites for hydroxylation is 1. The highest BCUT2D eigenvalue weighted by Gasteiger charge is 2.07. The molecule has 0 nitrogen and oxygen atoms in total. The first-order valence-corrected chi connectivity index (χ1v) is 5.70. The van der Waals surface area contributed by atoms with Gasteiger partial charge in [0.05, 0.1) is 0 Å². The Morgan fingerprint density at radius 3 is 3.07 bits per heavy atom. The van der Waals surface area contributed by atoms with Crippen molar-refractivity contribution < 1.29 is 4.39 Å². The molecule has 0 saturated carbocycles. The molecule has 74 valence electrons. The van der Waals surface area contributed by atoms with Crippen LogP contribution in [0.3, 0.4) is 0 Å². The second kappa shape index (κ2) is 4.18. The van der Waals surface area contributed by atoms with E-state index in [1.807, 2.05) is 6.07 Å². The van der Waals surface area contributed by atoms with Crippen LogP contribution in [0.2, 0.25) is 0 Å². The monoisotopic (exact) mass is 208 g/mol. The second-order valence-electron chi connectivity index (χ2n) is 3.56. The Morgan fingerprint density at radius 2 is 2.21 bits per heavy atom. The highest BCUT2D eigenvalue weighted by molar-refractivity contribution is 8.03. The number of thioether (sulfide) groups is 1. The third-order valence-corrected chi connectivity index (χ3v) is 3.48. The fourth-order valence-electron chi connectivity index (χ4n) is 1.66. The standard InChI is InChI=1S/C12H13FS/c1-9-4-2-3-5-10-8-11(13)6-7-12(10)14-9/h4,6-8H,2-3,5H2,1H3/b9-4+. The van der Waals surface area contributed by atoms with Gasteiger partial charge in [-0.15, -0.1) is 0 Å². The zero-order valence-corrected chi connectivity index (χ0v) is 9.03. The molecule has 2 heteroatoms. The Labute approximate surface area is 88.2 Å².